The highest BCUT2D eigenvalue weighted by molar-refractivity contribution is 5.46. The predicted octanol–water partition coefficient (Wildman–Crippen LogP) is 4.58. The highest BCUT2D eigenvalue weighted by atomic mass is 16.5. The number of aliphatic hydroxyl groups is 1. The van der Waals surface area contributed by atoms with Crippen molar-refractivity contribution in [2.24, 2.45) is 0 Å². The molecule has 0 unspecified atom stereocenters. The molecule has 0 aliphatic heterocycles. The third-order valence-corrected chi connectivity index (χ3v) is 4.59. The zero-order valence-corrected chi connectivity index (χ0v) is 18.2. The maximum Gasteiger partial charge on any atom is 0.165 e. The summed E-state index contributed by atoms with van der Waals surface area (Å²) in [5, 5.41) is 13.3. The summed E-state index contributed by atoms with van der Waals surface area (Å²) in [6.07, 6.45) is -0.593. The molecule has 5 heteroatoms. The SMILES string of the molecule is CC(C)NC[C@H](O)COc1ccc(OCc2ccccc2)c(OCc2ccccc2)c1. The Morgan fingerprint density at radius 1 is 0.742 bits per heavy atom. The smallest absolute Gasteiger partial charge is 0.165 e. The number of rotatable bonds is 12. The molecule has 0 amide bonds. The first-order valence-corrected chi connectivity index (χ1v) is 10.6. The van der Waals surface area contributed by atoms with Crippen LogP contribution in [0.4, 0.5) is 0 Å². The van der Waals surface area contributed by atoms with Crippen molar-refractivity contribution in [3.8, 4) is 17.2 Å². The molecule has 0 saturated carbocycles. The zero-order chi connectivity index (χ0) is 21.9. The molecule has 0 aliphatic rings. The van der Waals surface area contributed by atoms with Gasteiger partial charge in [0.25, 0.3) is 0 Å². The molecule has 2 N–H and O–H groups in total. The van der Waals surface area contributed by atoms with Crippen LogP contribution in [0.1, 0.15) is 25.0 Å². The minimum atomic E-state index is -0.593. The Balaban J connectivity index is 1.66. The standard InChI is InChI=1S/C26H31NO4/c1-20(2)27-16-23(28)19-29-24-13-14-25(30-17-21-9-5-3-6-10-21)26(15-24)31-18-22-11-7-4-8-12-22/h3-15,20,23,27-28H,16-19H2,1-2H3/t23-/m0/s1. The van der Waals surface area contributed by atoms with E-state index in [-0.39, 0.29) is 6.61 Å². The van der Waals surface area contributed by atoms with Crippen molar-refractivity contribution >= 4 is 0 Å². The lowest BCUT2D eigenvalue weighted by molar-refractivity contribution is 0.104. The van der Waals surface area contributed by atoms with Crippen LogP contribution in [-0.2, 0) is 13.2 Å². The molecule has 31 heavy (non-hydrogen) atoms. The summed E-state index contributed by atoms with van der Waals surface area (Å²) in [4.78, 5) is 0. The van der Waals surface area contributed by atoms with Gasteiger partial charge < -0.3 is 24.6 Å². The van der Waals surface area contributed by atoms with Crippen LogP contribution in [-0.4, -0.2) is 30.4 Å². The van der Waals surface area contributed by atoms with E-state index < -0.39 is 6.10 Å². The number of aliphatic hydroxyl groups excluding tert-OH is 1. The first-order chi connectivity index (χ1) is 15.1. The van der Waals surface area contributed by atoms with E-state index in [4.69, 9.17) is 14.2 Å². The van der Waals surface area contributed by atoms with E-state index in [1.165, 1.54) is 0 Å². The highest BCUT2D eigenvalue weighted by Gasteiger charge is 2.11. The van der Waals surface area contributed by atoms with Gasteiger partial charge in [-0.05, 0) is 23.3 Å². The van der Waals surface area contributed by atoms with Gasteiger partial charge in [0.2, 0.25) is 0 Å². The fourth-order valence-electron chi connectivity index (χ4n) is 2.90. The molecule has 1 atom stereocenters. The number of benzene rings is 3. The van der Waals surface area contributed by atoms with E-state index in [2.05, 4.69) is 5.32 Å². The monoisotopic (exact) mass is 421 g/mol. The van der Waals surface area contributed by atoms with Crippen LogP contribution >= 0.6 is 0 Å². The molecule has 0 aromatic heterocycles. The lowest BCUT2D eigenvalue weighted by Gasteiger charge is -2.17. The number of ether oxygens (including phenoxy) is 3. The second-order valence-electron chi connectivity index (χ2n) is 7.68. The van der Waals surface area contributed by atoms with E-state index in [1.54, 1.807) is 0 Å². The molecule has 0 fully saturated rings. The van der Waals surface area contributed by atoms with Gasteiger partial charge in [0.05, 0.1) is 0 Å². The van der Waals surface area contributed by atoms with Crippen LogP contribution in [0.15, 0.2) is 78.9 Å². The van der Waals surface area contributed by atoms with Crippen molar-refractivity contribution in [3.05, 3.63) is 90.0 Å². The number of hydrogen-bond donors (Lipinski definition) is 2. The molecule has 0 saturated heterocycles. The first-order valence-electron chi connectivity index (χ1n) is 10.6. The third kappa shape index (κ3) is 7.96. The Hall–Kier alpha value is -3.02. The summed E-state index contributed by atoms with van der Waals surface area (Å²) >= 11 is 0. The summed E-state index contributed by atoms with van der Waals surface area (Å²) < 4.78 is 17.9. The van der Waals surface area contributed by atoms with E-state index in [0.717, 1.165) is 11.1 Å². The van der Waals surface area contributed by atoms with E-state index >= 15 is 0 Å². The Kier molecular flexibility index (Phi) is 8.76. The van der Waals surface area contributed by atoms with Crippen molar-refractivity contribution in [2.75, 3.05) is 13.2 Å². The van der Waals surface area contributed by atoms with Crippen LogP contribution in [0, 0.1) is 0 Å². The molecule has 0 radical (unpaired) electrons. The number of nitrogens with one attached hydrogen (secondary N) is 1. The minimum absolute atomic E-state index is 0.196. The van der Waals surface area contributed by atoms with Crippen LogP contribution < -0.4 is 19.5 Å². The topological polar surface area (TPSA) is 60.0 Å². The normalized spacial score (nSPS) is 11.9. The van der Waals surface area contributed by atoms with Crippen molar-refractivity contribution in [1.82, 2.24) is 5.32 Å². The van der Waals surface area contributed by atoms with Crippen LogP contribution in [0.2, 0.25) is 0 Å². The van der Waals surface area contributed by atoms with Gasteiger partial charge in [-0.25, -0.2) is 0 Å². The average Bonchev–Trinajstić information content (AvgIpc) is 2.80. The second-order valence-corrected chi connectivity index (χ2v) is 7.68. The zero-order valence-electron chi connectivity index (χ0n) is 18.2. The quantitative estimate of drug-likeness (QED) is 0.448. The van der Waals surface area contributed by atoms with Crippen LogP contribution in [0.5, 0.6) is 17.2 Å². The van der Waals surface area contributed by atoms with Crippen molar-refractivity contribution in [2.45, 2.75) is 39.2 Å². The van der Waals surface area contributed by atoms with Gasteiger partial charge in [0, 0.05) is 18.7 Å². The third-order valence-electron chi connectivity index (χ3n) is 4.59. The fourth-order valence-corrected chi connectivity index (χ4v) is 2.90. The molecule has 3 aromatic carbocycles. The Morgan fingerprint density at radius 2 is 1.32 bits per heavy atom. The predicted molar refractivity (Wildman–Crippen MR) is 123 cm³/mol. The molecule has 0 bridgehead atoms. The summed E-state index contributed by atoms with van der Waals surface area (Å²) in [7, 11) is 0. The van der Waals surface area contributed by atoms with Gasteiger partial charge in [-0.15, -0.1) is 0 Å². The lowest BCUT2D eigenvalue weighted by atomic mass is 10.2. The van der Waals surface area contributed by atoms with Crippen molar-refractivity contribution in [3.63, 3.8) is 0 Å². The van der Waals surface area contributed by atoms with Crippen molar-refractivity contribution < 1.29 is 19.3 Å². The average molecular weight is 422 g/mol. The molecule has 3 aromatic rings. The Bertz CT molecular complexity index is 900. The molecule has 0 aliphatic carbocycles. The molecule has 5 nitrogen and oxygen atoms in total. The Labute approximate surface area is 184 Å². The molecule has 164 valence electrons. The largest absolute Gasteiger partial charge is 0.491 e. The van der Waals surface area contributed by atoms with Crippen LogP contribution in [0.25, 0.3) is 0 Å². The van der Waals surface area contributed by atoms with Gasteiger partial charge >= 0.3 is 0 Å². The molecule has 0 spiro atoms. The summed E-state index contributed by atoms with van der Waals surface area (Å²) in [6, 6.07) is 25.8. The van der Waals surface area contributed by atoms with Gasteiger partial charge in [-0.3, -0.25) is 0 Å². The maximum atomic E-state index is 10.1. The summed E-state index contributed by atoms with van der Waals surface area (Å²) in [5.41, 5.74) is 2.15. The van der Waals surface area contributed by atoms with E-state index in [9.17, 15) is 5.11 Å². The Morgan fingerprint density at radius 3 is 1.90 bits per heavy atom. The number of hydrogen-bond acceptors (Lipinski definition) is 5. The van der Waals surface area contributed by atoms with E-state index in [0.29, 0.717) is 43.0 Å². The molecular formula is C26H31NO4. The molecule has 0 heterocycles. The first kappa shape index (κ1) is 22.7. The molecular weight excluding hydrogens is 390 g/mol. The fraction of sp³-hybridized carbons (Fsp3) is 0.308. The van der Waals surface area contributed by atoms with Crippen LogP contribution in [0.3, 0.4) is 0 Å². The van der Waals surface area contributed by atoms with Gasteiger partial charge in [0.1, 0.15) is 31.7 Å². The van der Waals surface area contributed by atoms with Crippen molar-refractivity contribution in [1.29, 1.82) is 0 Å². The maximum absolute atomic E-state index is 10.1. The lowest BCUT2D eigenvalue weighted by Crippen LogP contribution is -2.35. The molecule has 3 rings (SSSR count). The summed E-state index contributed by atoms with van der Waals surface area (Å²) in [6.45, 7) is 5.63. The summed E-state index contributed by atoms with van der Waals surface area (Å²) in [5.74, 6) is 1.87. The highest BCUT2D eigenvalue weighted by Crippen LogP contribution is 2.33. The second kappa shape index (κ2) is 12.0. The van der Waals surface area contributed by atoms with Gasteiger partial charge in [-0.1, -0.05) is 74.5 Å². The minimum Gasteiger partial charge on any atom is -0.491 e. The van der Waals surface area contributed by atoms with E-state index in [1.807, 2.05) is 92.7 Å². The van der Waals surface area contributed by atoms with Gasteiger partial charge in [0.15, 0.2) is 11.5 Å². The van der Waals surface area contributed by atoms with Gasteiger partial charge in [-0.2, -0.15) is 0 Å².